The molecular formula is C14H22N2OSi. The molecule has 2 rings (SSSR count). The zero-order valence-corrected chi connectivity index (χ0v) is 12.9. The summed E-state index contributed by atoms with van der Waals surface area (Å²) in [4.78, 5) is 0. The van der Waals surface area contributed by atoms with Gasteiger partial charge >= 0.3 is 0 Å². The Bertz CT molecular complexity index is 540. The third-order valence-electron chi connectivity index (χ3n) is 3.91. The van der Waals surface area contributed by atoms with E-state index in [1.54, 1.807) is 0 Å². The molecule has 1 N–H and O–H groups in total. The van der Waals surface area contributed by atoms with Gasteiger partial charge in [-0.25, -0.2) is 0 Å². The van der Waals surface area contributed by atoms with Crippen LogP contribution >= 0.6 is 0 Å². The lowest BCUT2D eigenvalue weighted by Crippen LogP contribution is -2.40. The van der Waals surface area contributed by atoms with Gasteiger partial charge in [-0.15, -0.1) is 0 Å². The van der Waals surface area contributed by atoms with Crippen molar-refractivity contribution in [1.29, 1.82) is 0 Å². The van der Waals surface area contributed by atoms with Crippen LogP contribution in [0.5, 0.6) is 0 Å². The largest absolute Gasteiger partial charge is 0.413 e. The molecular weight excluding hydrogens is 240 g/mol. The highest BCUT2D eigenvalue weighted by atomic mass is 28.4. The minimum Gasteiger partial charge on any atom is -0.413 e. The second-order valence-electron chi connectivity index (χ2n) is 6.34. The molecule has 18 heavy (non-hydrogen) atoms. The van der Waals surface area contributed by atoms with Crippen molar-refractivity contribution < 1.29 is 4.43 Å². The highest BCUT2D eigenvalue weighted by Crippen LogP contribution is 2.37. The molecule has 0 radical (unpaired) electrons. The summed E-state index contributed by atoms with van der Waals surface area (Å²) in [6, 6.07) is 6.31. The molecule has 0 aliphatic rings. The summed E-state index contributed by atoms with van der Waals surface area (Å²) in [6.45, 7) is 12.0. The molecule has 1 heterocycles. The van der Waals surface area contributed by atoms with E-state index < -0.39 is 8.32 Å². The number of rotatable bonds is 3. The Hall–Kier alpha value is -1.13. The Morgan fingerprint density at radius 1 is 1.28 bits per heavy atom. The maximum atomic E-state index is 6.21. The Morgan fingerprint density at radius 2 is 2.00 bits per heavy atom. The number of aromatic nitrogens is 2. The highest BCUT2D eigenvalue weighted by molar-refractivity contribution is 6.74. The number of H-pyrrole nitrogens is 1. The van der Waals surface area contributed by atoms with Crippen molar-refractivity contribution in [2.24, 2.45) is 0 Å². The third kappa shape index (κ3) is 2.65. The van der Waals surface area contributed by atoms with Crippen LogP contribution in [0.1, 0.15) is 26.3 Å². The van der Waals surface area contributed by atoms with Gasteiger partial charge in [-0.2, -0.15) is 5.10 Å². The fourth-order valence-electron chi connectivity index (χ4n) is 1.56. The van der Waals surface area contributed by atoms with E-state index in [0.29, 0.717) is 6.61 Å². The normalized spacial score (nSPS) is 13.2. The van der Waals surface area contributed by atoms with E-state index in [2.05, 4.69) is 62.3 Å². The Morgan fingerprint density at radius 3 is 2.67 bits per heavy atom. The summed E-state index contributed by atoms with van der Waals surface area (Å²) in [5, 5.41) is 8.40. The minimum atomic E-state index is -1.66. The van der Waals surface area contributed by atoms with Crippen LogP contribution in [-0.4, -0.2) is 18.5 Å². The molecule has 0 saturated heterocycles. The van der Waals surface area contributed by atoms with Crippen molar-refractivity contribution in [3.8, 4) is 0 Å². The monoisotopic (exact) mass is 262 g/mol. The number of aromatic amines is 1. The second kappa shape index (κ2) is 4.52. The Kier molecular flexibility index (Phi) is 3.34. The maximum Gasteiger partial charge on any atom is 0.192 e. The van der Waals surface area contributed by atoms with Crippen LogP contribution in [0.15, 0.2) is 24.4 Å². The van der Waals surface area contributed by atoms with Gasteiger partial charge in [0, 0.05) is 5.39 Å². The quantitative estimate of drug-likeness (QED) is 0.846. The first-order valence-corrected chi connectivity index (χ1v) is 9.26. The van der Waals surface area contributed by atoms with E-state index in [0.717, 1.165) is 10.9 Å². The van der Waals surface area contributed by atoms with Crippen LogP contribution < -0.4 is 0 Å². The number of benzene rings is 1. The van der Waals surface area contributed by atoms with Gasteiger partial charge in [-0.05, 0) is 35.8 Å². The number of hydrogen-bond donors (Lipinski definition) is 1. The van der Waals surface area contributed by atoms with Crippen LogP contribution in [0, 0.1) is 0 Å². The van der Waals surface area contributed by atoms with E-state index in [1.165, 1.54) is 5.56 Å². The lowest BCUT2D eigenvalue weighted by molar-refractivity contribution is 0.276. The van der Waals surface area contributed by atoms with Crippen molar-refractivity contribution in [2.75, 3.05) is 0 Å². The van der Waals surface area contributed by atoms with Crippen LogP contribution in [0.25, 0.3) is 10.9 Å². The average molecular weight is 262 g/mol. The Labute approximate surface area is 110 Å². The SMILES string of the molecule is CC(C)(C)[Si](C)(C)OCc1ccc2[nH]ncc2c1. The van der Waals surface area contributed by atoms with E-state index in [-0.39, 0.29) is 5.04 Å². The second-order valence-corrected chi connectivity index (χ2v) is 11.1. The smallest absolute Gasteiger partial charge is 0.192 e. The predicted octanol–water partition coefficient (Wildman–Crippen LogP) is 4.08. The zero-order chi connectivity index (χ0) is 13.4. The van der Waals surface area contributed by atoms with Gasteiger partial charge in [0.05, 0.1) is 18.3 Å². The number of fused-ring (bicyclic) bond motifs is 1. The van der Waals surface area contributed by atoms with E-state index in [4.69, 9.17) is 4.43 Å². The molecule has 0 aliphatic carbocycles. The van der Waals surface area contributed by atoms with Crippen LogP contribution in [-0.2, 0) is 11.0 Å². The van der Waals surface area contributed by atoms with Gasteiger partial charge in [0.1, 0.15) is 0 Å². The van der Waals surface area contributed by atoms with Crippen molar-refractivity contribution in [3.63, 3.8) is 0 Å². The minimum absolute atomic E-state index is 0.257. The number of hydrogen-bond acceptors (Lipinski definition) is 2. The maximum absolute atomic E-state index is 6.21. The lowest BCUT2D eigenvalue weighted by Gasteiger charge is -2.36. The highest BCUT2D eigenvalue weighted by Gasteiger charge is 2.36. The molecule has 0 amide bonds. The molecule has 0 bridgehead atoms. The van der Waals surface area contributed by atoms with E-state index in [1.807, 2.05) is 6.20 Å². The summed E-state index contributed by atoms with van der Waals surface area (Å²) < 4.78 is 6.21. The van der Waals surface area contributed by atoms with E-state index >= 15 is 0 Å². The first-order valence-electron chi connectivity index (χ1n) is 6.35. The topological polar surface area (TPSA) is 37.9 Å². The fraction of sp³-hybridized carbons (Fsp3) is 0.500. The van der Waals surface area contributed by atoms with Crippen LogP contribution in [0.2, 0.25) is 18.1 Å². The van der Waals surface area contributed by atoms with Crippen molar-refractivity contribution >= 4 is 19.2 Å². The molecule has 0 saturated carbocycles. The summed E-state index contributed by atoms with van der Waals surface area (Å²) in [5.41, 5.74) is 2.29. The van der Waals surface area contributed by atoms with E-state index in [9.17, 15) is 0 Å². The molecule has 4 heteroatoms. The zero-order valence-electron chi connectivity index (χ0n) is 11.9. The summed E-state index contributed by atoms with van der Waals surface area (Å²) >= 11 is 0. The Balaban J connectivity index is 2.10. The first-order chi connectivity index (χ1) is 8.29. The van der Waals surface area contributed by atoms with Gasteiger partial charge in [-0.3, -0.25) is 5.10 Å². The number of nitrogens with one attached hydrogen (secondary N) is 1. The molecule has 0 unspecified atom stereocenters. The molecule has 1 aromatic heterocycles. The molecule has 0 fully saturated rings. The summed E-state index contributed by atoms with van der Waals surface area (Å²) in [7, 11) is -1.66. The standard InChI is InChI=1S/C14H22N2OSi/c1-14(2,3)18(4,5)17-10-11-6-7-13-12(8-11)9-15-16-13/h6-9H,10H2,1-5H3,(H,15,16). The van der Waals surface area contributed by atoms with Crippen LogP contribution in [0.4, 0.5) is 0 Å². The summed E-state index contributed by atoms with van der Waals surface area (Å²) in [5.74, 6) is 0. The van der Waals surface area contributed by atoms with Gasteiger partial charge in [-0.1, -0.05) is 26.8 Å². The molecule has 0 atom stereocenters. The summed E-state index contributed by atoms with van der Waals surface area (Å²) in [6.07, 6.45) is 1.85. The fourth-order valence-corrected chi connectivity index (χ4v) is 2.52. The van der Waals surface area contributed by atoms with Gasteiger partial charge < -0.3 is 4.43 Å². The molecule has 2 aromatic rings. The average Bonchev–Trinajstić information content (AvgIpc) is 2.71. The van der Waals surface area contributed by atoms with Crippen molar-refractivity contribution in [3.05, 3.63) is 30.0 Å². The van der Waals surface area contributed by atoms with Gasteiger partial charge in [0.2, 0.25) is 0 Å². The molecule has 0 spiro atoms. The number of nitrogens with zero attached hydrogens (tertiary/aromatic N) is 1. The predicted molar refractivity (Wildman–Crippen MR) is 78.1 cm³/mol. The van der Waals surface area contributed by atoms with Gasteiger partial charge in [0.15, 0.2) is 8.32 Å². The van der Waals surface area contributed by atoms with Crippen LogP contribution in [0.3, 0.4) is 0 Å². The third-order valence-corrected chi connectivity index (χ3v) is 8.39. The molecule has 98 valence electrons. The molecule has 3 nitrogen and oxygen atoms in total. The first kappa shape index (κ1) is 13.3. The molecule has 0 aliphatic heterocycles. The molecule has 1 aromatic carbocycles. The van der Waals surface area contributed by atoms with Crippen molar-refractivity contribution in [1.82, 2.24) is 10.2 Å². The van der Waals surface area contributed by atoms with Crippen molar-refractivity contribution in [2.45, 2.75) is 45.5 Å². The van der Waals surface area contributed by atoms with Gasteiger partial charge in [0.25, 0.3) is 0 Å². The lowest BCUT2D eigenvalue weighted by atomic mass is 10.2.